The largest absolute Gasteiger partial charge is 0.490 e. The van der Waals surface area contributed by atoms with E-state index in [0.29, 0.717) is 41.0 Å². The van der Waals surface area contributed by atoms with Crippen molar-refractivity contribution in [1.82, 2.24) is 5.32 Å². The molecule has 1 aliphatic rings. The summed E-state index contributed by atoms with van der Waals surface area (Å²) in [6.07, 6.45) is 2.09. The molecular weight excluding hydrogens is 597 g/mol. The van der Waals surface area contributed by atoms with Crippen molar-refractivity contribution in [2.24, 2.45) is 0 Å². The first-order valence-corrected chi connectivity index (χ1v) is 14.2. The van der Waals surface area contributed by atoms with Gasteiger partial charge >= 0.3 is 6.03 Å². The van der Waals surface area contributed by atoms with Crippen molar-refractivity contribution in [1.29, 1.82) is 0 Å². The number of nitrogens with one attached hydrogen (secondary N) is 2. The quantitative estimate of drug-likeness (QED) is 0.193. The summed E-state index contributed by atoms with van der Waals surface area (Å²) < 4.78 is 16.9. The number of carbonyl (C=O) groups is 4. The lowest BCUT2D eigenvalue weighted by Crippen LogP contribution is -2.54. The molecule has 2 N–H and O–H groups in total. The lowest BCUT2D eigenvalue weighted by molar-refractivity contribution is -0.122. The van der Waals surface area contributed by atoms with Gasteiger partial charge in [-0.25, -0.2) is 9.69 Å². The third-order valence-electron chi connectivity index (χ3n) is 6.13. The van der Waals surface area contributed by atoms with Crippen LogP contribution in [0, 0.1) is 6.92 Å². The number of carbonyl (C=O) groups excluding carboxylic acids is 4. The van der Waals surface area contributed by atoms with Crippen LogP contribution in [0.25, 0.3) is 6.08 Å². The Hall–Kier alpha value is -4.54. The van der Waals surface area contributed by atoms with Crippen molar-refractivity contribution in [2.75, 3.05) is 30.0 Å². The Bertz CT molecular complexity index is 1610. The average Bonchev–Trinajstić information content (AvgIpc) is 2.96. The van der Waals surface area contributed by atoms with E-state index >= 15 is 0 Å². The Morgan fingerprint density at radius 1 is 0.907 bits per heavy atom. The summed E-state index contributed by atoms with van der Waals surface area (Å²) in [7, 11) is 0. The zero-order valence-electron chi connectivity index (χ0n) is 23.7. The number of amides is 5. The standard InChI is InChI=1S/C31H29Cl2N3O7/c1-4-12-42-26-11-9-21(16-27(26)41-5-2)36-30(39)22(29(38)35-31(36)40)13-19-7-10-25(24(33)14-19)43-17-28(37)34-20-8-6-18(3)23(32)15-20/h6-11,13-16H,4-5,12,17H2,1-3H3,(H,34,37)(H,35,38,40)/b22-13+. The van der Waals surface area contributed by atoms with Crippen LogP contribution < -0.4 is 29.7 Å². The molecule has 1 saturated heterocycles. The molecule has 43 heavy (non-hydrogen) atoms. The summed E-state index contributed by atoms with van der Waals surface area (Å²) in [5, 5.41) is 5.54. The molecule has 0 bridgehead atoms. The number of imide groups is 2. The second-order valence-corrected chi connectivity index (χ2v) is 10.2. The van der Waals surface area contributed by atoms with E-state index in [1.54, 1.807) is 37.3 Å². The number of urea groups is 1. The van der Waals surface area contributed by atoms with E-state index in [2.05, 4.69) is 10.6 Å². The van der Waals surface area contributed by atoms with Crippen LogP contribution in [0.1, 0.15) is 31.4 Å². The molecule has 10 nitrogen and oxygen atoms in total. The van der Waals surface area contributed by atoms with Gasteiger partial charge in [-0.3, -0.25) is 19.7 Å². The molecule has 3 aromatic carbocycles. The van der Waals surface area contributed by atoms with Crippen molar-refractivity contribution < 1.29 is 33.4 Å². The van der Waals surface area contributed by atoms with Crippen LogP contribution >= 0.6 is 23.2 Å². The first-order chi connectivity index (χ1) is 20.6. The molecule has 224 valence electrons. The number of hydrogen-bond donors (Lipinski definition) is 2. The van der Waals surface area contributed by atoms with Gasteiger partial charge in [0.25, 0.3) is 17.7 Å². The number of aryl methyl sites for hydroxylation is 1. The first-order valence-electron chi connectivity index (χ1n) is 13.4. The van der Waals surface area contributed by atoms with E-state index in [1.807, 2.05) is 13.8 Å². The molecule has 0 unspecified atom stereocenters. The molecular formula is C31H29Cl2N3O7. The number of anilines is 2. The molecule has 5 amide bonds. The zero-order valence-corrected chi connectivity index (χ0v) is 25.2. The highest BCUT2D eigenvalue weighted by Gasteiger charge is 2.37. The molecule has 0 atom stereocenters. The summed E-state index contributed by atoms with van der Waals surface area (Å²) in [5.41, 5.74) is 1.70. The maximum Gasteiger partial charge on any atom is 0.335 e. The van der Waals surface area contributed by atoms with Gasteiger partial charge in [0, 0.05) is 16.8 Å². The second kappa shape index (κ2) is 14.1. The maximum atomic E-state index is 13.4. The molecule has 12 heteroatoms. The minimum Gasteiger partial charge on any atom is -0.490 e. The van der Waals surface area contributed by atoms with Gasteiger partial charge in [0.05, 0.1) is 23.9 Å². The molecule has 0 aliphatic carbocycles. The molecule has 0 aromatic heterocycles. The van der Waals surface area contributed by atoms with Gasteiger partial charge in [-0.05, 0) is 73.9 Å². The first kappa shape index (κ1) is 31.4. The minimum atomic E-state index is -0.898. The molecule has 1 fully saturated rings. The molecule has 0 saturated carbocycles. The van der Waals surface area contributed by atoms with E-state index < -0.39 is 23.8 Å². The number of barbiturate groups is 1. The van der Waals surface area contributed by atoms with Crippen molar-refractivity contribution in [2.45, 2.75) is 27.2 Å². The molecule has 4 rings (SSSR count). The van der Waals surface area contributed by atoms with Crippen LogP contribution in [0.3, 0.4) is 0 Å². The number of nitrogens with zero attached hydrogens (tertiary/aromatic N) is 1. The molecule has 1 aliphatic heterocycles. The summed E-state index contributed by atoms with van der Waals surface area (Å²) in [6, 6.07) is 13.4. The smallest absolute Gasteiger partial charge is 0.335 e. The van der Waals surface area contributed by atoms with Gasteiger partial charge in [-0.15, -0.1) is 0 Å². The number of rotatable bonds is 11. The fourth-order valence-electron chi connectivity index (χ4n) is 4.03. The zero-order chi connectivity index (χ0) is 31.1. The van der Waals surface area contributed by atoms with Crippen LogP contribution in [0.15, 0.2) is 60.2 Å². The molecule has 3 aromatic rings. The minimum absolute atomic E-state index is 0.140. The summed E-state index contributed by atoms with van der Waals surface area (Å²) in [6.45, 7) is 6.09. The third kappa shape index (κ3) is 7.65. The van der Waals surface area contributed by atoms with Crippen molar-refractivity contribution in [3.63, 3.8) is 0 Å². The summed E-state index contributed by atoms with van der Waals surface area (Å²) in [4.78, 5) is 51.9. The number of hydrogen-bond acceptors (Lipinski definition) is 7. The Balaban J connectivity index is 1.49. The summed E-state index contributed by atoms with van der Waals surface area (Å²) >= 11 is 12.5. The van der Waals surface area contributed by atoms with Crippen LogP contribution in [0.5, 0.6) is 17.2 Å². The molecule has 0 radical (unpaired) electrons. The Morgan fingerprint density at radius 2 is 1.67 bits per heavy atom. The van der Waals surface area contributed by atoms with Crippen LogP contribution in [-0.4, -0.2) is 43.6 Å². The Kier molecular flexibility index (Phi) is 10.3. The highest BCUT2D eigenvalue weighted by molar-refractivity contribution is 6.39. The second-order valence-electron chi connectivity index (χ2n) is 9.36. The van der Waals surface area contributed by atoms with Gasteiger partial charge in [0.2, 0.25) is 0 Å². The fourth-order valence-corrected chi connectivity index (χ4v) is 4.45. The number of ether oxygens (including phenoxy) is 3. The normalized spacial score (nSPS) is 14.0. The van der Waals surface area contributed by atoms with Crippen molar-refractivity contribution in [3.8, 4) is 17.2 Å². The highest BCUT2D eigenvalue weighted by atomic mass is 35.5. The molecule has 1 heterocycles. The van der Waals surface area contributed by atoms with E-state index in [-0.39, 0.29) is 28.6 Å². The number of benzene rings is 3. The summed E-state index contributed by atoms with van der Waals surface area (Å²) in [5.74, 6) is -1.07. The fraction of sp³-hybridized carbons (Fsp3) is 0.226. The topological polar surface area (TPSA) is 123 Å². The van der Waals surface area contributed by atoms with E-state index in [4.69, 9.17) is 37.4 Å². The Morgan fingerprint density at radius 3 is 2.37 bits per heavy atom. The highest BCUT2D eigenvalue weighted by Crippen LogP contribution is 2.34. The van der Waals surface area contributed by atoms with Gasteiger partial charge in [-0.1, -0.05) is 42.3 Å². The Labute approximate surface area is 258 Å². The SMILES string of the molecule is CCCOc1ccc(N2C(=O)NC(=O)/C(=C\c3ccc(OCC(=O)Nc4ccc(C)c(Cl)c4)c(Cl)c3)C2=O)cc1OCC. The van der Waals surface area contributed by atoms with Crippen LogP contribution in [0.2, 0.25) is 10.0 Å². The average molecular weight is 626 g/mol. The van der Waals surface area contributed by atoms with Gasteiger partial charge in [-0.2, -0.15) is 0 Å². The monoisotopic (exact) mass is 625 g/mol. The van der Waals surface area contributed by atoms with E-state index in [0.717, 1.165) is 16.9 Å². The van der Waals surface area contributed by atoms with E-state index in [9.17, 15) is 19.2 Å². The third-order valence-corrected chi connectivity index (χ3v) is 6.83. The predicted molar refractivity (Wildman–Crippen MR) is 164 cm³/mol. The van der Waals surface area contributed by atoms with Crippen LogP contribution in [0.4, 0.5) is 16.2 Å². The maximum absolute atomic E-state index is 13.4. The lowest BCUT2D eigenvalue weighted by Gasteiger charge is -2.27. The van der Waals surface area contributed by atoms with Crippen molar-refractivity contribution in [3.05, 3.63) is 81.3 Å². The van der Waals surface area contributed by atoms with Crippen molar-refractivity contribution >= 4 is 64.4 Å². The lowest BCUT2D eigenvalue weighted by atomic mass is 10.1. The number of halogens is 2. The van der Waals surface area contributed by atoms with Gasteiger partial charge in [0.1, 0.15) is 11.3 Å². The van der Waals surface area contributed by atoms with Gasteiger partial charge < -0.3 is 19.5 Å². The van der Waals surface area contributed by atoms with E-state index in [1.165, 1.54) is 30.3 Å². The molecule has 0 spiro atoms. The van der Waals surface area contributed by atoms with Gasteiger partial charge in [0.15, 0.2) is 18.1 Å². The predicted octanol–water partition coefficient (Wildman–Crippen LogP) is 6.17. The van der Waals surface area contributed by atoms with Crippen LogP contribution in [-0.2, 0) is 14.4 Å².